The Hall–Kier alpha value is -0.930. The predicted molar refractivity (Wildman–Crippen MR) is 50.1 cm³/mol. The van der Waals surface area contributed by atoms with Crippen LogP contribution in [0.1, 0.15) is 30.1 Å². The van der Waals surface area contributed by atoms with Crippen molar-refractivity contribution in [3.63, 3.8) is 0 Å². The van der Waals surface area contributed by atoms with E-state index >= 15 is 0 Å². The van der Waals surface area contributed by atoms with Crippen molar-refractivity contribution in [1.29, 1.82) is 0 Å². The first-order chi connectivity index (χ1) is 6.42. The molecule has 1 atom stereocenters. The van der Waals surface area contributed by atoms with E-state index in [0.717, 1.165) is 24.2 Å². The van der Waals surface area contributed by atoms with Crippen molar-refractivity contribution in [2.24, 2.45) is 0 Å². The molecule has 1 aliphatic rings. The Balaban J connectivity index is 2.26. The normalized spacial score (nSPS) is 22.1. The monoisotopic (exact) mass is 178 g/mol. The number of nitrogens with one attached hydrogen (secondary N) is 1. The lowest BCUT2D eigenvalue weighted by molar-refractivity contribution is 0.274. The summed E-state index contributed by atoms with van der Waals surface area (Å²) in [6.45, 7) is 1.11. The number of aromatic nitrogens is 1. The molecule has 0 amide bonds. The number of hydrogen-bond donors (Lipinski definition) is 2. The summed E-state index contributed by atoms with van der Waals surface area (Å²) in [6.07, 6.45) is 4.09. The van der Waals surface area contributed by atoms with Gasteiger partial charge in [0.05, 0.1) is 12.3 Å². The fraction of sp³-hybridized carbons (Fsp3) is 0.500. The van der Waals surface area contributed by atoms with Gasteiger partial charge in [-0.15, -0.1) is 0 Å². The Morgan fingerprint density at radius 1 is 1.62 bits per heavy atom. The Morgan fingerprint density at radius 2 is 2.54 bits per heavy atom. The minimum Gasteiger partial charge on any atom is -0.390 e. The third kappa shape index (κ3) is 1.71. The van der Waals surface area contributed by atoms with Crippen LogP contribution in [-0.4, -0.2) is 16.6 Å². The molecular weight excluding hydrogens is 164 g/mol. The highest BCUT2D eigenvalue weighted by Gasteiger charge is 2.18. The predicted octanol–water partition coefficient (Wildman–Crippen LogP) is 0.998. The van der Waals surface area contributed by atoms with Crippen molar-refractivity contribution in [1.82, 2.24) is 10.3 Å². The summed E-state index contributed by atoms with van der Waals surface area (Å²) in [4.78, 5) is 4.15. The molecule has 70 valence electrons. The maximum atomic E-state index is 9.09. The van der Waals surface area contributed by atoms with E-state index in [-0.39, 0.29) is 6.61 Å². The van der Waals surface area contributed by atoms with Crippen LogP contribution in [0.5, 0.6) is 0 Å². The SMILES string of the molecule is OCc1ncccc1C1CCCN1. The molecule has 2 heterocycles. The van der Waals surface area contributed by atoms with Crippen LogP contribution in [-0.2, 0) is 6.61 Å². The van der Waals surface area contributed by atoms with Gasteiger partial charge in [0.1, 0.15) is 0 Å². The molecule has 1 fully saturated rings. The zero-order chi connectivity index (χ0) is 9.10. The molecule has 0 bridgehead atoms. The second-order valence-electron chi connectivity index (χ2n) is 3.35. The molecule has 1 aliphatic heterocycles. The molecule has 13 heavy (non-hydrogen) atoms. The molecule has 2 rings (SSSR count). The van der Waals surface area contributed by atoms with Crippen molar-refractivity contribution in [3.8, 4) is 0 Å². The van der Waals surface area contributed by atoms with Gasteiger partial charge in [-0.1, -0.05) is 6.07 Å². The third-order valence-electron chi connectivity index (χ3n) is 2.51. The summed E-state index contributed by atoms with van der Waals surface area (Å²) >= 11 is 0. The molecule has 0 aliphatic carbocycles. The second-order valence-corrected chi connectivity index (χ2v) is 3.35. The molecule has 0 radical (unpaired) electrons. The highest BCUT2D eigenvalue weighted by atomic mass is 16.3. The minimum absolute atomic E-state index is 0.0361. The van der Waals surface area contributed by atoms with Gasteiger partial charge in [-0.2, -0.15) is 0 Å². The Labute approximate surface area is 77.8 Å². The van der Waals surface area contributed by atoms with Gasteiger partial charge in [0.15, 0.2) is 0 Å². The van der Waals surface area contributed by atoms with Crippen LogP contribution in [0.25, 0.3) is 0 Å². The number of aliphatic hydroxyl groups excluding tert-OH is 1. The smallest absolute Gasteiger partial charge is 0.0856 e. The summed E-state index contributed by atoms with van der Waals surface area (Å²) in [5.41, 5.74) is 1.96. The zero-order valence-corrected chi connectivity index (χ0v) is 7.53. The first kappa shape index (κ1) is 8.66. The number of rotatable bonds is 2. The average Bonchev–Trinajstić information content (AvgIpc) is 2.70. The quantitative estimate of drug-likeness (QED) is 0.710. The van der Waals surface area contributed by atoms with Crippen LogP contribution in [0.2, 0.25) is 0 Å². The van der Waals surface area contributed by atoms with Crippen molar-refractivity contribution in [2.75, 3.05) is 6.54 Å². The van der Waals surface area contributed by atoms with Crippen LogP contribution in [0.4, 0.5) is 0 Å². The van der Waals surface area contributed by atoms with Gasteiger partial charge in [0.25, 0.3) is 0 Å². The van der Waals surface area contributed by atoms with E-state index in [4.69, 9.17) is 5.11 Å². The number of aliphatic hydroxyl groups is 1. The molecule has 2 N–H and O–H groups in total. The van der Waals surface area contributed by atoms with Gasteiger partial charge < -0.3 is 10.4 Å². The topological polar surface area (TPSA) is 45.2 Å². The van der Waals surface area contributed by atoms with Gasteiger partial charge in [-0.3, -0.25) is 4.98 Å². The summed E-state index contributed by atoms with van der Waals surface area (Å²) in [6, 6.07) is 4.37. The fourth-order valence-corrected chi connectivity index (χ4v) is 1.85. The molecule has 0 spiro atoms. The fourth-order valence-electron chi connectivity index (χ4n) is 1.85. The maximum Gasteiger partial charge on any atom is 0.0856 e. The molecule has 1 aromatic rings. The lowest BCUT2D eigenvalue weighted by Crippen LogP contribution is -2.15. The van der Waals surface area contributed by atoms with E-state index in [0.29, 0.717) is 6.04 Å². The molecule has 1 saturated heterocycles. The van der Waals surface area contributed by atoms with Crippen molar-refractivity contribution in [3.05, 3.63) is 29.6 Å². The van der Waals surface area contributed by atoms with Crippen LogP contribution >= 0.6 is 0 Å². The molecule has 3 heteroatoms. The Morgan fingerprint density at radius 3 is 3.23 bits per heavy atom. The lowest BCUT2D eigenvalue weighted by Gasteiger charge is -2.13. The van der Waals surface area contributed by atoms with Gasteiger partial charge in [-0.05, 0) is 31.0 Å². The second kappa shape index (κ2) is 3.85. The first-order valence-corrected chi connectivity index (χ1v) is 4.70. The summed E-state index contributed by atoms with van der Waals surface area (Å²) in [5.74, 6) is 0. The van der Waals surface area contributed by atoms with Gasteiger partial charge in [0, 0.05) is 12.2 Å². The Kier molecular flexibility index (Phi) is 2.57. The molecule has 1 aromatic heterocycles. The van der Waals surface area contributed by atoms with E-state index in [1.807, 2.05) is 12.1 Å². The van der Waals surface area contributed by atoms with Crippen LogP contribution in [0.3, 0.4) is 0 Å². The van der Waals surface area contributed by atoms with E-state index in [1.165, 1.54) is 6.42 Å². The van der Waals surface area contributed by atoms with E-state index in [2.05, 4.69) is 10.3 Å². The summed E-state index contributed by atoms with van der Waals surface area (Å²) < 4.78 is 0. The average molecular weight is 178 g/mol. The van der Waals surface area contributed by atoms with E-state index in [1.54, 1.807) is 6.20 Å². The number of hydrogen-bond acceptors (Lipinski definition) is 3. The lowest BCUT2D eigenvalue weighted by atomic mass is 10.0. The largest absolute Gasteiger partial charge is 0.390 e. The van der Waals surface area contributed by atoms with Gasteiger partial charge >= 0.3 is 0 Å². The Bertz CT molecular complexity index is 282. The summed E-state index contributed by atoms with van der Waals surface area (Å²) in [7, 11) is 0. The van der Waals surface area contributed by atoms with Crippen molar-refractivity contribution >= 4 is 0 Å². The standard InChI is InChI=1S/C10H14N2O/c13-7-10-8(3-1-5-12-10)9-4-2-6-11-9/h1,3,5,9,11,13H,2,4,6-7H2. The van der Waals surface area contributed by atoms with Crippen molar-refractivity contribution in [2.45, 2.75) is 25.5 Å². The summed E-state index contributed by atoms with van der Waals surface area (Å²) in [5, 5.41) is 12.5. The van der Waals surface area contributed by atoms with Crippen LogP contribution in [0, 0.1) is 0 Å². The number of nitrogens with zero attached hydrogens (tertiary/aromatic N) is 1. The van der Waals surface area contributed by atoms with Crippen LogP contribution in [0.15, 0.2) is 18.3 Å². The molecule has 0 saturated carbocycles. The first-order valence-electron chi connectivity index (χ1n) is 4.70. The number of pyridine rings is 1. The van der Waals surface area contributed by atoms with Gasteiger partial charge in [-0.25, -0.2) is 0 Å². The highest BCUT2D eigenvalue weighted by Crippen LogP contribution is 2.24. The van der Waals surface area contributed by atoms with Crippen LogP contribution < -0.4 is 5.32 Å². The highest BCUT2D eigenvalue weighted by molar-refractivity contribution is 5.23. The molecule has 1 unspecified atom stereocenters. The minimum atomic E-state index is 0.0361. The zero-order valence-electron chi connectivity index (χ0n) is 7.53. The van der Waals surface area contributed by atoms with Gasteiger partial charge in [0.2, 0.25) is 0 Å². The third-order valence-corrected chi connectivity index (χ3v) is 2.51. The molecular formula is C10H14N2O. The van der Waals surface area contributed by atoms with E-state index in [9.17, 15) is 0 Å². The van der Waals surface area contributed by atoms with Crippen molar-refractivity contribution < 1.29 is 5.11 Å². The molecule has 3 nitrogen and oxygen atoms in total. The van der Waals surface area contributed by atoms with E-state index < -0.39 is 0 Å². The maximum absolute atomic E-state index is 9.09. The molecule has 0 aromatic carbocycles.